The zero-order valence-corrected chi connectivity index (χ0v) is 8.22. The summed E-state index contributed by atoms with van der Waals surface area (Å²) in [5, 5.41) is 3.48. The molecular formula is C10H20N2O. The third kappa shape index (κ3) is 1.73. The van der Waals surface area contributed by atoms with E-state index in [0.29, 0.717) is 12.6 Å². The third-order valence-corrected chi connectivity index (χ3v) is 3.42. The molecule has 2 aliphatic rings. The first kappa shape index (κ1) is 9.44. The first-order chi connectivity index (χ1) is 6.37. The van der Waals surface area contributed by atoms with Crippen molar-refractivity contribution >= 4 is 0 Å². The Bertz CT molecular complexity index is 158. The Morgan fingerprint density at radius 3 is 2.85 bits per heavy atom. The second-order valence-electron chi connectivity index (χ2n) is 4.22. The van der Waals surface area contributed by atoms with Crippen LogP contribution in [0.4, 0.5) is 0 Å². The van der Waals surface area contributed by atoms with E-state index < -0.39 is 0 Å². The second kappa shape index (κ2) is 3.95. The Morgan fingerprint density at radius 1 is 1.31 bits per heavy atom. The number of ether oxygens (including phenoxy) is 1. The first-order valence-electron chi connectivity index (χ1n) is 5.45. The summed E-state index contributed by atoms with van der Waals surface area (Å²) in [6.07, 6.45) is 6.15. The minimum Gasteiger partial charge on any atom is -0.373 e. The van der Waals surface area contributed by atoms with Crippen LogP contribution >= 0.6 is 0 Å². The van der Waals surface area contributed by atoms with Gasteiger partial charge in [-0.05, 0) is 38.6 Å². The first-order valence-corrected chi connectivity index (χ1v) is 5.45. The molecule has 2 atom stereocenters. The standard InChI is InChI=1S/C10H20N2O/c11-8-9-10(5-3-6-12-9)4-1-2-7-13-10/h9,12H,1-8,11H2. The predicted molar refractivity (Wildman–Crippen MR) is 52.6 cm³/mol. The normalized spacial score (nSPS) is 40.8. The molecule has 2 saturated heterocycles. The van der Waals surface area contributed by atoms with Crippen molar-refractivity contribution < 1.29 is 4.74 Å². The molecule has 2 aliphatic heterocycles. The molecule has 2 rings (SSSR count). The highest BCUT2D eigenvalue weighted by Crippen LogP contribution is 2.34. The van der Waals surface area contributed by atoms with Gasteiger partial charge in [0.1, 0.15) is 0 Å². The topological polar surface area (TPSA) is 47.3 Å². The van der Waals surface area contributed by atoms with E-state index in [-0.39, 0.29) is 5.60 Å². The lowest BCUT2D eigenvalue weighted by Gasteiger charge is -2.46. The van der Waals surface area contributed by atoms with Crippen LogP contribution in [-0.4, -0.2) is 31.3 Å². The van der Waals surface area contributed by atoms with Gasteiger partial charge in [-0.25, -0.2) is 0 Å². The lowest BCUT2D eigenvalue weighted by Crippen LogP contribution is -2.60. The maximum atomic E-state index is 5.97. The van der Waals surface area contributed by atoms with Crippen LogP contribution in [0.25, 0.3) is 0 Å². The van der Waals surface area contributed by atoms with Gasteiger partial charge in [0.15, 0.2) is 0 Å². The maximum Gasteiger partial charge on any atom is 0.0847 e. The van der Waals surface area contributed by atoms with Crippen molar-refractivity contribution in [3.05, 3.63) is 0 Å². The van der Waals surface area contributed by atoms with Gasteiger partial charge in [-0.3, -0.25) is 0 Å². The van der Waals surface area contributed by atoms with E-state index in [0.717, 1.165) is 13.2 Å². The Labute approximate surface area is 80.0 Å². The van der Waals surface area contributed by atoms with Crippen molar-refractivity contribution in [2.45, 2.75) is 43.7 Å². The van der Waals surface area contributed by atoms with Crippen LogP contribution in [0.3, 0.4) is 0 Å². The highest BCUT2D eigenvalue weighted by atomic mass is 16.5. The summed E-state index contributed by atoms with van der Waals surface area (Å²) in [6.45, 7) is 2.74. The van der Waals surface area contributed by atoms with Crippen LogP contribution in [-0.2, 0) is 4.74 Å². The van der Waals surface area contributed by atoms with Crippen molar-refractivity contribution in [1.29, 1.82) is 0 Å². The predicted octanol–water partition coefficient (Wildman–Crippen LogP) is 0.636. The van der Waals surface area contributed by atoms with Gasteiger partial charge < -0.3 is 15.8 Å². The Morgan fingerprint density at radius 2 is 2.15 bits per heavy atom. The lowest BCUT2D eigenvalue weighted by molar-refractivity contribution is -0.115. The molecule has 1 spiro atoms. The highest BCUT2D eigenvalue weighted by Gasteiger charge is 2.41. The molecule has 0 aromatic carbocycles. The maximum absolute atomic E-state index is 5.97. The molecule has 2 fully saturated rings. The Kier molecular flexibility index (Phi) is 2.86. The number of rotatable bonds is 1. The quantitative estimate of drug-likeness (QED) is 0.628. The van der Waals surface area contributed by atoms with Crippen LogP contribution in [0.15, 0.2) is 0 Å². The summed E-state index contributed by atoms with van der Waals surface area (Å²) in [5.74, 6) is 0. The van der Waals surface area contributed by atoms with Crippen LogP contribution in [0, 0.1) is 0 Å². The van der Waals surface area contributed by atoms with Gasteiger partial charge in [0, 0.05) is 19.2 Å². The molecule has 0 radical (unpaired) electrons. The molecular weight excluding hydrogens is 164 g/mol. The third-order valence-electron chi connectivity index (χ3n) is 3.42. The monoisotopic (exact) mass is 184 g/mol. The molecule has 2 heterocycles. The number of nitrogens with one attached hydrogen (secondary N) is 1. The van der Waals surface area contributed by atoms with Gasteiger partial charge in [-0.2, -0.15) is 0 Å². The molecule has 76 valence electrons. The molecule has 3 N–H and O–H groups in total. The van der Waals surface area contributed by atoms with Gasteiger partial charge in [0.2, 0.25) is 0 Å². The zero-order chi connectivity index (χ0) is 9.15. The summed E-state index contributed by atoms with van der Waals surface area (Å²) in [7, 11) is 0. The van der Waals surface area contributed by atoms with E-state index in [2.05, 4.69) is 5.32 Å². The van der Waals surface area contributed by atoms with E-state index in [1.165, 1.54) is 32.1 Å². The summed E-state index contributed by atoms with van der Waals surface area (Å²) in [5.41, 5.74) is 5.85. The Balaban J connectivity index is 2.06. The van der Waals surface area contributed by atoms with Gasteiger partial charge in [0.05, 0.1) is 5.60 Å². The average Bonchev–Trinajstić information content (AvgIpc) is 2.20. The fraction of sp³-hybridized carbons (Fsp3) is 1.00. The molecule has 0 aromatic rings. The minimum absolute atomic E-state index is 0.0885. The fourth-order valence-corrected chi connectivity index (χ4v) is 2.67. The number of piperidine rings is 1. The van der Waals surface area contributed by atoms with E-state index in [1.54, 1.807) is 0 Å². The molecule has 3 nitrogen and oxygen atoms in total. The fourth-order valence-electron chi connectivity index (χ4n) is 2.67. The molecule has 13 heavy (non-hydrogen) atoms. The van der Waals surface area contributed by atoms with E-state index in [9.17, 15) is 0 Å². The average molecular weight is 184 g/mol. The second-order valence-corrected chi connectivity index (χ2v) is 4.22. The van der Waals surface area contributed by atoms with Crippen molar-refractivity contribution in [3.8, 4) is 0 Å². The Hall–Kier alpha value is -0.120. The largest absolute Gasteiger partial charge is 0.373 e. The van der Waals surface area contributed by atoms with Crippen molar-refractivity contribution in [2.24, 2.45) is 5.73 Å². The van der Waals surface area contributed by atoms with Crippen molar-refractivity contribution in [2.75, 3.05) is 19.7 Å². The highest BCUT2D eigenvalue weighted by molar-refractivity contribution is 4.98. The molecule has 2 unspecified atom stereocenters. The minimum atomic E-state index is 0.0885. The van der Waals surface area contributed by atoms with Crippen LogP contribution < -0.4 is 11.1 Å². The van der Waals surface area contributed by atoms with Crippen molar-refractivity contribution in [3.63, 3.8) is 0 Å². The molecule has 3 heteroatoms. The van der Waals surface area contributed by atoms with Gasteiger partial charge >= 0.3 is 0 Å². The van der Waals surface area contributed by atoms with Crippen LogP contribution in [0.5, 0.6) is 0 Å². The van der Waals surface area contributed by atoms with E-state index in [4.69, 9.17) is 10.5 Å². The molecule has 0 aliphatic carbocycles. The number of hydrogen-bond donors (Lipinski definition) is 2. The summed E-state index contributed by atoms with van der Waals surface area (Å²) in [6, 6.07) is 0.390. The van der Waals surface area contributed by atoms with Crippen LogP contribution in [0.1, 0.15) is 32.1 Å². The molecule has 0 amide bonds. The zero-order valence-electron chi connectivity index (χ0n) is 8.22. The van der Waals surface area contributed by atoms with Gasteiger partial charge in [-0.15, -0.1) is 0 Å². The van der Waals surface area contributed by atoms with E-state index in [1.807, 2.05) is 0 Å². The summed E-state index contributed by atoms with van der Waals surface area (Å²) < 4.78 is 5.97. The summed E-state index contributed by atoms with van der Waals surface area (Å²) >= 11 is 0. The smallest absolute Gasteiger partial charge is 0.0847 e. The molecule has 0 saturated carbocycles. The number of nitrogens with two attached hydrogens (primary N) is 1. The molecule has 0 aromatic heterocycles. The lowest BCUT2D eigenvalue weighted by atomic mass is 9.80. The number of hydrogen-bond acceptors (Lipinski definition) is 3. The van der Waals surface area contributed by atoms with Crippen LogP contribution in [0.2, 0.25) is 0 Å². The SMILES string of the molecule is NCC1NCCCC12CCCCO2. The summed E-state index contributed by atoms with van der Waals surface area (Å²) in [4.78, 5) is 0. The van der Waals surface area contributed by atoms with E-state index >= 15 is 0 Å². The van der Waals surface area contributed by atoms with Crippen molar-refractivity contribution in [1.82, 2.24) is 5.32 Å². The van der Waals surface area contributed by atoms with Gasteiger partial charge in [0.25, 0.3) is 0 Å². The molecule has 0 bridgehead atoms. The van der Waals surface area contributed by atoms with Gasteiger partial charge in [-0.1, -0.05) is 0 Å².